The number of pyridine rings is 1. The van der Waals surface area contributed by atoms with E-state index in [2.05, 4.69) is 28.0 Å². The molecule has 1 aliphatic rings. The highest BCUT2D eigenvalue weighted by Gasteiger charge is 2.33. The number of fused-ring (bicyclic) bond motifs is 1. The fraction of sp³-hybridized carbons (Fsp3) is 0.263. The number of likely N-dealkylation sites (tertiary alicyclic amines) is 1. The summed E-state index contributed by atoms with van der Waals surface area (Å²) >= 11 is 0. The van der Waals surface area contributed by atoms with Crippen LogP contribution in [0, 0.1) is 0 Å². The van der Waals surface area contributed by atoms with Crippen LogP contribution >= 0.6 is 0 Å². The van der Waals surface area contributed by atoms with Gasteiger partial charge in [0, 0.05) is 55.3 Å². The summed E-state index contributed by atoms with van der Waals surface area (Å²) in [6.45, 7) is 2.41. The van der Waals surface area contributed by atoms with Gasteiger partial charge in [0.25, 0.3) is 5.91 Å². The molecule has 3 heterocycles. The molecule has 5 heteroatoms. The molecule has 0 spiro atoms. The third kappa shape index (κ3) is 2.78. The Labute approximate surface area is 140 Å². The second-order valence-electron chi connectivity index (χ2n) is 6.42. The lowest BCUT2D eigenvalue weighted by molar-refractivity contribution is 0.0321. The maximum absolute atomic E-state index is 12.6. The number of likely N-dealkylation sites (N-methyl/N-ethyl adjacent to an activating group) is 1. The summed E-state index contributed by atoms with van der Waals surface area (Å²) in [5.41, 5.74) is 2.95. The molecule has 0 unspecified atom stereocenters. The fourth-order valence-electron chi connectivity index (χ4n) is 3.17. The van der Waals surface area contributed by atoms with Crippen LogP contribution in [0.4, 0.5) is 0 Å². The number of carbonyl (C=O) groups is 1. The zero-order valence-corrected chi connectivity index (χ0v) is 13.6. The summed E-state index contributed by atoms with van der Waals surface area (Å²) in [4.78, 5) is 24.1. The second kappa shape index (κ2) is 6.09. The molecule has 2 aromatic heterocycles. The molecule has 0 aliphatic carbocycles. The van der Waals surface area contributed by atoms with E-state index in [4.69, 9.17) is 0 Å². The standard InChI is InChI=1S/C19H20N4O/c1-22(11-14-3-2-7-20-10-14)17-12-23(13-17)19(24)16-5-4-15-6-8-21-18(15)9-16/h2-10,17,21H,11-13H2,1H3. The Hall–Kier alpha value is -2.66. The number of hydrogen-bond acceptors (Lipinski definition) is 3. The number of carbonyl (C=O) groups excluding carboxylic acids is 1. The van der Waals surface area contributed by atoms with Gasteiger partial charge in [-0.05, 0) is 42.3 Å². The Morgan fingerprint density at radius 2 is 2.21 bits per heavy atom. The molecule has 0 atom stereocenters. The third-order valence-corrected chi connectivity index (χ3v) is 4.73. The van der Waals surface area contributed by atoms with Crippen LogP contribution in [0.2, 0.25) is 0 Å². The van der Waals surface area contributed by atoms with Gasteiger partial charge in [-0.1, -0.05) is 12.1 Å². The van der Waals surface area contributed by atoms with E-state index < -0.39 is 0 Å². The molecule has 122 valence electrons. The van der Waals surface area contributed by atoms with E-state index in [0.29, 0.717) is 6.04 Å². The Morgan fingerprint density at radius 3 is 3.00 bits per heavy atom. The monoisotopic (exact) mass is 320 g/mol. The van der Waals surface area contributed by atoms with E-state index in [9.17, 15) is 4.79 Å². The van der Waals surface area contributed by atoms with Gasteiger partial charge in [0.05, 0.1) is 0 Å². The van der Waals surface area contributed by atoms with Gasteiger partial charge in [-0.25, -0.2) is 0 Å². The minimum absolute atomic E-state index is 0.109. The van der Waals surface area contributed by atoms with Crippen molar-refractivity contribution in [3.8, 4) is 0 Å². The van der Waals surface area contributed by atoms with Crippen LogP contribution in [-0.2, 0) is 6.54 Å². The number of aromatic amines is 1. The lowest BCUT2D eigenvalue weighted by Gasteiger charge is -2.44. The van der Waals surface area contributed by atoms with Crippen LogP contribution in [0.25, 0.3) is 10.9 Å². The average molecular weight is 320 g/mol. The summed E-state index contributed by atoms with van der Waals surface area (Å²) in [6, 6.07) is 12.3. The van der Waals surface area contributed by atoms with Crippen molar-refractivity contribution < 1.29 is 4.79 Å². The van der Waals surface area contributed by atoms with E-state index in [1.54, 1.807) is 6.20 Å². The minimum Gasteiger partial charge on any atom is -0.361 e. The molecule has 4 rings (SSSR count). The van der Waals surface area contributed by atoms with Crippen molar-refractivity contribution in [1.82, 2.24) is 19.8 Å². The summed E-state index contributed by atoms with van der Waals surface area (Å²) < 4.78 is 0. The molecule has 1 N–H and O–H groups in total. The molecule has 0 radical (unpaired) electrons. The molecule has 5 nitrogen and oxygen atoms in total. The van der Waals surface area contributed by atoms with Crippen LogP contribution in [-0.4, -0.2) is 51.9 Å². The number of nitrogens with one attached hydrogen (secondary N) is 1. The molecule has 0 saturated carbocycles. The van der Waals surface area contributed by atoms with Gasteiger partial charge < -0.3 is 9.88 Å². The molecule has 3 aromatic rings. The van der Waals surface area contributed by atoms with E-state index in [0.717, 1.165) is 36.1 Å². The largest absolute Gasteiger partial charge is 0.361 e. The van der Waals surface area contributed by atoms with Crippen molar-refractivity contribution in [3.05, 3.63) is 66.1 Å². The van der Waals surface area contributed by atoms with Crippen molar-refractivity contribution in [2.75, 3.05) is 20.1 Å². The third-order valence-electron chi connectivity index (χ3n) is 4.73. The highest BCUT2D eigenvalue weighted by molar-refractivity contribution is 5.98. The van der Waals surface area contributed by atoms with Crippen LogP contribution < -0.4 is 0 Å². The Morgan fingerprint density at radius 1 is 1.33 bits per heavy atom. The number of aromatic nitrogens is 2. The maximum atomic E-state index is 12.6. The molecule has 24 heavy (non-hydrogen) atoms. The normalized spacial score (nSPS) is 15.0. The predicted molar refractivity (Wildman–Crippen MR) is 93.7 cm³/mol. The summed E-state index contributed by atoms with van der Waals surface area (Å²) in [5, 5.41) is 1.13. The molecular formula is C19H20N4O. The number of nitrogens with zero attached hydrogens (tertiary/aromatic N) is 3. The molecule has 0 bridgehead atoms. The van der Waals surface area contributed by atoms with Gasteiger partial charge in [-0.15, -0.1) is 0 Å². The van der Waals surface area contributed by atoms with Gasteiger partial charge in [-0.3, -0.25) is 14.7 Å². The number of benzene rings is 1. The number of rotatable bonds is 4. The smallest absolute Gasteiger partial charge is 0.254 e. The first-order valence-corrected chi connectivity index (χ1v) is 8.16. The fourth-order valence-corrected chi connectivity index (χ4v) is 3.17. The van der Waals surface area contributed by atoms with E-state index in [1.807, 2.05) is 47.6 Å². The SMILES string of the molecule is CN(Cc1cccnc1)C1CN(C(=O)c2ccc3cc[nH]c3c2)C1. The average Bonchev–Trinajstić information content (AvgIpc) is 3.01. The summed E-state index contributed by atoms with van der Waals surface area (Å²) in [5.74, 6) is 0.109. The van der Waals surface area contributed by atoms with Gasteiger partial charge in [0.1, 0.15) is 0 Å². The Balaban J connectivity index is 1.37. The maximum Gasteiger partial charge on any atom is 0.254 e. The highest BCUT2D eigenvalue weighted by Crippen LogP contribution is 2.21. The zero-order chi connectivity index (χ0) is 16.5. The Bertz CT molecular complexity index is 852. The van der Waals surface area contributed by atoms with E-state index in [-0.39, 0.29) is 5.91 Å². The van der Waals surface area contributed by atoms with Gasteiger partial charge in [-0.2, -0.15) is 0 Å². The predicted octanol–water partition coefficient (Wildman–Crippen LogP) is 2.52. The van der Waals surface area contributed by atoms with Crippen molar-refractivity contribution in [1.29, 1.82) is 0 Å². The summed E-state index contributed by atoms with van der Waals surface area (Å²) in [6.07, 6.45) is 5.57. The van der Waals surface area contributed by atoms with Crippen LogP contribution in [0.15, 0.2) is 55.0 Å². The lowest BCUT2D eigenvalue weighted by atomic mass is 10.0. The van der Waals surface area contributed by atoms with Crippen LogP contribution in [0.3, 0.4) is 0 Å². The minimum atomic E-state index is 0.109. The second-order valence-corrected chi connectivity index (χ2v) is 6.42. The number of hydrogen-bond donors (Lipinski definition) is 1. The zero-order valence-electron chi connectivity index (χ0n) is 13.6. The number of amides is 1. The van der Waals surface area contributed by atoms with Crippen LogP contribution in [0.5, 0.6) is 0 Å². The van der Waals surface area contributed by atoms with E-state index in [1.165, 1.54) is 5.56 Å². The van der Waals surface area contributed by atoms with Crippen molar-refractivity contribution >= 4 is 16.8 Å². The highest BCUT2D eigenvalue weighted by atomic mass is 16.2. The van der Waals surface area contributed by atoms with Gasteiger partial charge in [0.2, 0.25) is 0 Å². The molecular weight excluding hydrogens is 300 g/mol. The van der Waals surface area contributed by atoms with Crippen molar-refractivity contribution in [2.24, 2.45) is 0 Å². The molecule has 1 saturated heterocycles. The Kier molecular flexibility index (Phi) is 3.78. The molecule has 1 amide bonds. The lowest BCUT2D eigenvalue weighted by Crippen LogP contribution is -2.59. The first kappa shape index (κ1) is 14.9. The summed E-state index contributed by atoms with van der Waals surface area (Å²) in [7, 11) is 2.10. The molecule has 1 aromatic carbocycles. The topological polar surface area (TPSA) is 52.2 Å². The van der Waals surface area contributed by atoms with Gasteiger partial charge >= 0.3 is 0 Å². The molecule has 1 aliphatic heterocycles. The van der Waals surface area contributed by atoms with Crippen molar-refractivity contribution in [3.63, 3.8) is 0 Å². The molecule has 1 fully saturated rings. The quantitative estimate of drug-likeness (QED) is 0.804. The van der Waals surface area contributed by atoms with Crippen LogP contribution in [0.1, 0.15) is 15.9 Å². The van der Waals surface area contributed by atoms with Gasteiger partial charge in [0.15, 0.2) is 0 Å². The first-order valence-electron chi connectivity index (χ1n) is 8.16. The first-order chi connectivity index (χ1) is 11.7. The number of H-pyrrole nitrogens is 1. The van der Waals surface area contributed by atoms with Crippen molar-refractivity contribution in [2.45, 2.75) is 12.6 Å². The van der Waals surface area contributed by atoms with E-state index >= 15 is 0 Å².